The average molecular weight is 653 g/mol. The molecule has 7 aromatic carbocycles. The van der Waals surface area contributed by atoms with E-state index < -0.39 is 8.07 Å². The lowest BCUT2D eigenvalue weighted by molar-refractivity contribution is 1.17. The highest BCUT2D eigenvalue weighted by atomic mass is 28.3. The molecule has 0 aliphatic rings. The molecule has 1 heterocycles. The number of benzene rings is 7. The third-order valence-corrected chi connectivity index (χ3v) is 14.4. The Morgan fingerprint density at radius 3 is 1.58 bits per heavy atom. The van der Waals surface area contributed by atoms with Gasteiger partial charge in [-0.25, -0.2) is 0 Å². The Bertz CT molecular complexity index is 2580. The summed E-state index contributed by atoms with van der Waals surface area (Å²) in [5.74, 6) is 0. The Hall–Kier alpha value is -6.97. The van der Waals surface area contributed by atoms with Crippen LogP contribution in [0.2, 0.25) is 0 Å². The SMILES string of the molecule is N#Cc1cc(-c2ccc(-n3c4ccccc4c4cc(C#N)ccc43)c(C#N)c2)cc([Si](c2ccccc2)(c2ccccc2)c2ccccc2)c1. The predicted octanol–water partition coefficient (Wildman–Crippen LogP) is 7.44. The molecular formula is C45H28N4Si. The van der Waals surface area contributed by atoms with Crippen molar-refractivity contribution in [3.63, 3.8) is 0 Å². The van der Waals surface area contributed by atoms with E-state index in [-0.39, 0.29) is 0 Å². The first-order valence-corrected chi connectivity index (χ1v) is 18.4. The van der Waals surface area contributed by atoms with Crippen molar-refractivity contribution < 1.29 is 0 Å². The Morgan fingerprint density at radius 2 is 0.980 bits per heavy atom. The molecule has 0 bridgehead atoms. The number of nitrogens with zero attached hydrogens (tertiary/aromatic N) is 4. The van der Waals surface area contributed by atoms with E-state index >= 15 is 0 Å². The van der Waals surface area contributed by atoms with Crippen LogP contribution < -0.4 is 20.7 Å². The minimum absolute atomic E-state index is 0.510. The molecule has 232 valence electrons. The number of fused-ring (bicyclic) bond motifs is 3. The number of hydrogen-bond donors (Lipinski definition) is 0. The van der Waals surface area contributed by atoms with Crippen LogP contribution in [0.1, 0.15) is 16.7 Å². The van der Waals surface area contributed by atoms with Gasteiger partial charge in [0.2, 0.25) is 0 Å². The maximum Gasteiger partial charge on any atom is 0.179 e. The molecule has 0 N–H and O–H groups in total. The van der Waals surface area contributed by atoms with Gasteiger partial charge in [0.25, 0.3) is 0 Å². The van der Waals surface area contributed by atoms with Crippen molar-refractivity contribution in [1.29, 1.82) is 15.8 Å². The molecule has 8 rings (SSSR count). The van der Waals surface area contributed by atoms with Gasteiger partial charge in [-0.05, 0) is 80.4 Å². The van der Waals surface area contributed by atoms with E-state index in [0.717, 1.165) is 43.8 Å². The molecule has 0 saturated carbocycles. The minimum Gasteiger partial charge on any atom is -0.308 e. The van der Waals surface area contributed by atoms with Crippen LogP contribution in [0.25, 0.3) is 38.6 Å². The summed E-state index contributed by atoms with van der Waals surface area (Å²) in [5, 5.41) is 37.3. The number of nitriles is 3. The van der Waals surface area contributed by atoms with Gasteiger partial charge in [0, 0.05) is 10.8 Å². The largest absolute Gasteiger partial charge is 0.308 e. The molecule has 0 amide bonds. The van der Waals surface area contributed by atoms with Crippen LogP contribution >= 0.6 is 0 Å². The van der Waals surface area contributed by atoms with Crippen LogP contribution in [-0.4, -0.2) is 12.6 Å². The van der Waals surface area contributed by atoms with Gasteiger partial charge in [0.05, 0.1) is 45.5 Å². The standard InChI is InChI=1S/C45H28N4Si/c46-29-32-20-22-45-42(26-32)41-18-10-11-19-44(41)49(45)43-23-21-34(27-36(43)31-48)35-24-33(30-47)25-40(28-35)50(37-12-4-1-5-13-37,38-14-6-2-7-15-38)39-16-8-3-9-17-39/h1-28H. The third kappa shape index (κ3) is 4.88. The van der Waals surface area contributed by atoms with Crippen molar-refractivity contribution in [3.8, 4) is 35.0 Å². The number of hydrogen-bond acceptors (Lipinski definition) is 3. The molecule has 8 aromatic rings. The number of aromatic nitrogens is 1. The van der Waals surface area contributed by atoms with Gasteiger partial charge in [-0.2, -0.15) is 15.8 Å². The zero-order valence-corrected chi connectivity index (χ0v) is 28.0. The van der Waals surface area contributed by atoms with Crippen LogP contribution in [0.5, 0.6) is 0 Å². The first-order valence-electron chi connectivity index (χ1n) is 16.4. The van der Waals surface area contributed by atoms with Crippen molar-refractivity contribution in [1.82, 2.24) is 4.57 Å². The van der Waals surface area contributed by atoms with Gasteiger partial charge < -0.3 is 4.57 Å². The molecule has 0 aliphatic carbocycles. The zero-order valence-electron chi connectivity index (χ0n) is 27.0. The van der Waals surface area contributed by atoms with Crippen LogP contribution in [0, 0.1) is 34.0 Å². The van der Waals surface area contributed by atoms with E-state index in [0.29, 0.717) is 16.7 Å². The third-order valence-electron chi connectivity index (χ3n) is 9.61. The van der Waals surface area contributed by atoms with Crippen LogP contribution in [0.15, 0.2) is 170 Å². The molecule has 0 spiro atoms. The fraction of sp³-hybridized carbons (Fsp3) is 0. The van der Waals surface area contributed by atoms with E-state index in [1.54, 1.807) is 0 Å². The summed E-state index contributed by atoms with van der Waals surface area (Å²) in [7, 11) is -2.90. The van der Waals surface area contributed by atoms with Crippen LogP contribution in [-0.2, 0) is 0 Å². The first-order chi connectivity index (χ1) is 24.6. The topological polar surface area (TPSA) is 76.3 Å². The average Bonchev–Trinajstić information content (AvgIpc) is 3.52. The second-order valence-corrected chi connectivity index (χ2v) is 16.1. The number of rotatable bonds is 6. The summed E-state index contributed by atoms with van der Waals surface area (Å²) < 4.78 is 2.10. The molecule has 5 heteroatoms. The normalized spacial score (nSPS) is 11.1. The molecular weight excluding hydrogens is 625 g/mol. The summed E-state index contributed by atoms with van der Waals surface area (Å²) in [6, 6.07) is 65.0. The summed E-state index contributed by atoms with van der Waals surface area (Å²) >= 11 is 0. The number of para-hydroxylation sites is 1. The van der Waals surface area contributed by atoms with Crippen LogP contribution in [0.4, 0.5) is 0 Å². The summed E-state index contributed by atoms with van der Waals surface area (Å²) in [6.07, 6.45) is 0. The lowest BCUT2D eigenvalue weighted by atomic mass is 10.0. The maximum atomic E-state index is 10.6. The highest BCUT2D eigenvalue weighted by Crippen LogP contribution is 2.35. The fourth-order valence-electron chi connectivity index (χ4n) is 7.44. The Labute approximate surface area is 291 Å². The van der Waals surface area contributed by atoms with Crippen LogP contribution in [0.3, 0.4) is 0 Å². The second kappa shape index (κ2) is 12.6. The summed E-state index contributed by atoms with van der Waals surface area (Å²) in [6.45, 7) is 0. The van der Waals surface area contributed by atoms with Crippen molar-refractivity contribution in [3.05, 3.63) is 187 Å². The van der Waals surface area contributed by atoms with Gasteiger partial charge in [-0.15, -0.1) is 0 Å². The molecule has 0 atom stereocenters. The van der Waals surface area contributed by atoms with Gasteiger partial charge in [-0.1, -0.05) is 121 Å². The highest BCUT2D eigenvalue weighted by molar-refractivity contribution is 7.19. The molecule has 0 fully saturated rings. The van der Waals surface area contributed by atoms with Gasteiger partial charge in [-0.3, -0.25) is 0 Å². The van der Waals surface area contributed by atoms with Crippen molar-refractivity contribution in [2.75, 3.05) is 0 Å². The molecule has 0 aliphatic heterocycles. The molecule has 0 saturated heterocycles. The maximum absolute atomic E-state index is 10.6. The molecule has 0 radical (unpaired) electrons. The zero-order chi connectivity index (χ0) is 34.1. The van der Waals surface area contributed by atoms with E-state index in [4.69, 9.17) is 0 Å². The quantitative estimate of drug-likeness (QED) is 0.138. The summed E-state index contributed by atoms with van der Waals surface area (Å²) in [5.41, 5.74) is 6.03. The molecule has 1 aromatic heterocycles. The molecule has 50 heavy (non-hydrogen) atoms. The van der Waals surface area contributed by atoms with Crippen molar-refractivity contribution >= 4 is 50.6 Å². The predicted molar refractivity (Wildman–Crippen MR) is 204 cm³/mol. The van der Waals surface area contributed by atoms with Gasteiger partial charge in [0.1, 0.15) is 6.07 Å². The van der Waals surface area contributed by atoms with Crippen molar-refractivity contribution in [2.45, 2.75) is 0 Å². The smallest absolute Gasteiger partial charge is 0.179 e. The highest BCUT2D eigenvalue weighted by Gasteiger charge is 2.41. The second-order valence-electron chi connectivity index (χ2n) is 12.3. The lowest BCUT2D eigenvalue weighted by Crippen LogP contribution is -2.74. The monoisotopic (exact) mass is 652 g/mol. The first kappa shape index (κ1) is 30.4. The molecule has 4 nitrogen and oxygen atoms in total. The molecule has 0 unspecified atom stereocenters. The van der Waals surface area contributed by atoms with E-state index in [9.17, 15) is 15.8 Å². The lowest BCUT2D eigenvalue weighted by Gasteiger charge is -2.34. The Morgan fingerprint density at radius 1 is 0.400 bits per heavy atom. The fourth-order valence-corrected chi connectivity index (χ4v) is 12.3. The Kier molecular flexibility index (Phi) is 7.63. The van der Waals surface area contributed by atoms with Crippen molar-refractivity contribution in [2.24, 2.45) is 0 Å². The summed E-state index contributed by atoms with van der Waals surface area (Å²) in [4.78, 5) is 0. The van der Waals surface area contributed by atoms with Gasteiger partial charge >= 0.3 is 0 Å². The Balaban J connectivity index is 1.37. The van der Waals surface area contributed by atoms with Gasteiger partial charge in [0.15, 0.2) is 8.07 Å². The minimum atomic E-state index is -2.90. The van der Waals surface area contributed by atoms with E-state index in [2.05, 4.69) is 108 Å². The van der Waals surface area contributed by atoms with E-state index in [1.807, 2.05) is 84.9 Å². The van der Waals surface area contributed by atoms with E-state index in [1.165, 1.54) is 15.6 Å².